The maximum Gasteiger partial charge on any atom is 0.231 e. The second-order valence-corrected chi connectivity index (χ2v) is 5.40. The molecule has 0 N–H and O–H groups in total. The predicted molar refractivity (Wildman–Crippen MR) is 87.3 cm³/mol. The van der Waals surface area contributed by atoms with Gasteiger partial charge in [-0.05, 0) is 36.4 Å². The fourth-order valence-corrected chi connectivity index (χ4v) is 2.89. The third-order valence-corrected chi connectivity index (χ3v) is 4.13. The molecule has 0 unspecified atom stereocenters. The van der Waals surface area contributed by atoms with Gasteiger partial charge >= 0.3 is 0 Å². The molecule has 0 fully saturated rings. The maximum atomic E-state index is 12.5. The van der Waals surface area contributed by atoms with E-state index in [1.807, 2.05) is 41.9 Å². The summed E-state index contributed by atoms with van der Waals surface area (Å²) < 4.78 is 18.0. The molecule has 0 radical (unpaired) electrons. The Balaban J connectivity index is 1.94. The largest absolute Gasteiger partial charge is 0.497 e. The lowest BCUT2D eigenvalue weighted by molar-refractivity contribution is 0.174. The highest BCUT2D eigenvalue weighted by molar-refractivity contribution is 5.84. The molecule has 0 amide bonds. The number of fused-ring (bicyclic) bond motifs is 2. The summed E-state index contributed by atoms with van der Waals surface area (Å²) in [4.78, 5) is 12.5. The van der Waals surface area contributed by atoms with Gasteiger partial charge in [-0.3, -0.25) is 4.79 Å². The molecule has 4 rings (SSSR count). The molecule has 3 aromatic rings. The van der Waals surface area contributed by atoms with Gasteiger partial charge in [-0.25, -0.2) is 0 Å². The van der Waals surface area contributed by atoms with E-state index in [4.69, 9.17) is 14.2 Å². The normalized spacial score (nSPS) is 12.6. The fourth-order valence-electron chi connectivity index (χ4n) is 2.89. The average Bonchev–Trinajstić information content (AvgIpc) is 3.05. The molecule has 0 saturated carbocycles. The topological polar surface area (TPSA) is 49.7 Å². The lowest BCUT2D eigenvalue weighted by Gasteiger charge is -2.13. The third-order valence-electron chi connectivity index (χ3n) is 4.13. The van der Waals surface area contributed by atoms with Gasteiger partial charge in [0.05, 0.1) is 18.3 Å². The zero-order valence-corrected chi connectivity index (χ0v) is 12.8. The van der Waals surface area contributed by atoms with Gasteiger partial charge < -0.3 is 18.8 Å². The average molecular weight is 309 g/mol. The van der Waals surface area contributed by atoms with Crippen LogP contribution in [-0.4, -0.2) is 18.5 Å². The number of hydrogen-bond donors (Lipinski definition) is 0. The SMILES string of the molecule is COc1ccc2c(c1)c(=O)cc(-c1ccc3c(c1)OCO3)n2C. The second kappa shape index (κ2) is 5.05. The van der Waals surface area contributed by atoms with Gasteiger partial charge in [0.2, 0.25) is 6.79 Å². The summed E-state index contributed by atoms with van der Waals surface area (Å²) in [6.45, 7) is 0.231. The zero-order valence-electron chi connectivity index (χ0n) is 12.8. The molecule has 5 nitrogen and oxygen atoms in total. The summed E-state index contributed by atoms with van der Waals surface area (Å²) in [6.07, 6.45) is 0. The summed E-state index contributed by atoms with van der Waals surface area (Å²) in [5, 5.41) is 0.636. The number of nitrogens with zero attached hydrogens (tertiary/aromatic N) is 1. The van der Waals surface area contributed by atoms with Crippen molar-refractivity contribution in [1.29, 1.82) is 0 Å². The monoisotopic (exact) mass is 309 g/mol. The van der Waals surface area contributed by atoms with Crippen molar-refractivity contribution in [3.63, 3.8) is 0 Å². The van der Waals surface area contributed by atoms with Crippen LogP contribution < -0.4 is 19.6 Å². The Labute approximate surface area is 132 Å². The van der Waals surface area contributed by atoms with Crippen LogP contribution in [0.25, 0.3) is 22.2 Å². The Hall–Kier alpha value is -2.95. The van der Waals surface area contributed by atoms with Crippen LogP contribution in [0.1, 0.15) is 0 Å². The van der Waals surface area contributed by atoms with Crippen LogP contribution in [-0.2, 0) is 7.05 Å². The van der Waals surface area contributed by atoms with Crippen LogP contribution in [0.4, 0.5) is 0 Å². The highest BCUT2D eigenvalue weighted by Gasteiger charge is 2.16. The van der Waals surface area contributed by atoms with Gasteiger partial charge in [0.15, 0.2) is 16.9 Å². The van der Waals surface area contributed by atoms with Gasteiger partial charge in [-0.2, -0.15) is 0 Å². The Morgan fingerprint density at radius 2 is 1.87 bits per heavy atom. The Bertz CT molecular complexity index is 975. The van der Waals surface area contributed by atoms with E-state index in [1.54, 1.807) is 19.2 Å². The van der Waals surface area contributed by atoms with Gasteiger partial charge in [0.1, 0.15) is 5.75 Å². The first-order chi connectivity index (χ1) is 11.2. The molecule has 0 saturated heterocycles. The minimum Gasteiger partial charge on any atom is -0.497 e. The Kier molecular flexibility index (Phi) is 3.01. The lowest BCUT2D eigenvalue weighted by atomic mass is 10.1. The molecule has 1 aliphatic heterocycles. The van der Waals surface area contributed by atoms with E-state index in [0.29, 0.717) is 16.9 Å². The molecule has 23 heavy (non-hydrogen) atoms. The number of benzene rings is 2. The van der Waals surface area contributed by atoms with E-state index in [-0.39, 0.29) is 12.2 Å². The molecule has 1 aliphatic rings. The Morgan fingerprint density at radius 3 is 2.70 bits per heavy atom. The molecule has 0 aliphatic carbocycles. The number of pyridine rings is 1. The fraction of sp³-hybridized carbons (Fsp3) is 0.167. The maximum absolute atomic E-state index is 12.5. The molecule has 0 atom stereocenters. The van der Waals surface area contributed by atoms with E-state index < -0.39 is 0 Å². The minimum absolute atomic E-state index is 0.0373. The number of ether oxygens (including phenoxy) is 3. The van der Waals surface area contributed by atoms with Gasteiger partial charge in [0, 0.05) is 24.1 Å². The molecule has 0 spiro atoms. The lowest BCUT2D eigenvalue weighted by Crippen LogP contribution is -2.09. The predicted octanol–water partition coefficient (Wildman–Crippen LogP) is 2.94. The van der Waals surface area contributed by atoms with E-state index in [0.717, 1.165) is 22.5 Å². The van der Waals surface area contributed by atoms with Gasteiger partial charge in [-0.15, -0.1) is 0 Å². The molecular formula is C18H15NO4. The van der Waals surface area contributed by atoms with Crippen LogP contribution in [0.2, 0.25) is 0 Å². The summed E-state index contributed by atoms with van der Waals surface area (Å²) in [7, 11) is 3.53. The van der Waals surface area contributed by atoms with Crippen molar-refractivity contribution in [2.75, 3.05) is 13.9 Å². The van der Waals surface area contributed by atoms with E-state index >= 15 is 0 Å². The number of methoxy groups -OCH3 is 1. The highest BCUT2D eigenvalue weighted by Crippen LogP contribution is 2.36. The summed E-state index contributed by atoms with van der Waals surface area (Å²) >= 11 is 0. The van der Waals surface area contributed by atoms with Crippen LogP contribution in [0.5, 0.6) is 17.2 Å². The van der Waals surface area contributed by atoms with Crippen molar-refractivity contribution in [3.8, 4) is 28.5 Å². The molecule has 0 bridgehead atoms. The molecule has 1 aromatic heterocycles. The van der Waals surface area contributed by atoms with Crippen LogP contribution in [0.3, 0.4) is 0 Å². The van der Waals surface area contributed by atoms with Crippen molar-refractivity contribution in [1.82, 2.24) is 4.57 Å². The molecule has 5 heteroatoms. The first-order valence-electron chi connectivity index (χ1n) is 7.25. The molecule has 116 valence electrons. The van der Waals surface area contributed by atoms with E-state index in [2.05, 4.69) is 0 Å². The quantitative estimate of drug-likeness (QED) is 0.730. The van der Waals surface area contributed by atoms with Crippen LogP contribution in [0.15, 0.2) is 47.3 Å². The van der Waals surface area contributed by atoms with Crippen LogP contribution >= 0.6 is 0 Å². The molecular weight excluding hydrogens is 294 g/mol. The number of aromatic nitrogens is 1. The smallest absolute Gasteiger partial charge is 0.231 e. The zero-order chi connectivity index (χ0) is 16.0. The molecule has 2 heterocycles. The highest BCUT2D eigenvalue weighted by atomic mass is 16.7. The minimum atomic E-state index is -0.0373. The first-order valence-corrected chi connectivity index (χ1v) is 7.25. The van der Waals surface area contributed by atoms with Crippen molar-refractivity contribution >= 4 is 10.9 Å². The van der Waals surface area contributed by atoms with Crippen LogP contribution in [0, 0.1) is 0 Å². The second-order valence-electron chi connectivity index (χ2n) is 5.40. The van der Waals surface area contributed by atoms with Crippen molar-refractivity contribution in [2.45, 2.75) is 0 Å². The summed E-state index contributed by atoms with van der Waals surface area (Å²) in [5.41, 5.74) is 2.55. The first kappa shape index (κ1) is 13.7. The van der Waals surface area contributed by atoms with Crippen molar-refractivity contribution in [2.24, 2.45) is 7.05 Å². The number of aryl methyl sites for hydroxylation is 1. The standard InChI is InChI=1S/C18H15NO4/c1-19-14-5-4-12(21-2)8-13(14)16(20)9-15(19)11-3-6-17-18(7-11)23-10-22-17/h3-9H,10H2,1-2H3. The summed E-state index contributed by atoms with van der Waals surface area (Å²) in [6, 6.07) is 12.8. The van der Waals surface area contributed by atoms with Gasteiger partial charge in [-0.1, -0.05) is 0 Å². The van der Waals surface area contributed by atoms with Crippen molar-refractivity contribution in [3.05, 3.63) is 52.7 Å². The van der Waals surface area contributed by atoms with E-state index in [9.17, 15) is 4.79 Å². The van der Waals surface area contributed by atoms with Gasteiger partial charge in [0.25, 0.3) is 0 Å². The van der Waals surface area contributed by atoms with Crippen molar-refractivity contribution < 1.29 is 14.2 Å². The number of hydrogen-bond acceptors (Lipinski definition) is 4. The molecule has 2 aromatic carbocycles. The van der Waals surface area contributed by atoms with E-state index in [1.165, 1.54) is 0 Å². The third kappa shape index (κ3) is 2.12. The summed E-state index contributed by atoms with van der Waals surface area (Å²) in [5.74, 6) is 2.10. The number of rotatable bonds is 2. The Morgan fingerprint density at radius 1 is 1.04 bits per heavy atom.